The van der Waals surface area contributed by atoms with Gasteiger partial charge in [0.2, 0.25) is 0 Å². The lowest BCUT2D eigenvalue weighted by molar-refractivity contribution is 0.0902. The molecule has 20 heavy (non-hydrogen) atoms. The zero-order valence-corrected chi connectivity index (χ0v) is 11.1. The minimum absolute atomic E-state index is 0.376. The van der Waals surface area contributed by atoms with E-state index in [1.807, 2.05) is 17.1 Å². The van der Waals surface area contributed by atoms with Gasteiger partial charge in [0.1, 0.15) is 11.8 Å². The Morgan fingerprint density at radius 2 is 2.20 bits per heavy atom. The highest BCUT2D eigenvalue weighted by Gasteiger charge is 2.33. The summed E-state index contributed by atoms with van der Waals surface area (Å²) in [6.45, 7) is 2.82. The van der Waals surface area contributed by atoms with Gasteiger partial charge in [-0.3, -0.25) is 9.58 Å². The normalized spacial score (nSPS) is 19.8. The van der Waals surface area contributed by atoms with Crippen molar-refractivity contribution in [2.24, 2.45) is 0 Å². The van der Waals surface area contributed by atoms with Gasteiger partial charge in [-0.05, 0) is 12.8 Å². The highest BCUT2D eigenvalue weighted by Crippen LogP contribution is 2.42. The largest absolute Gasteiger partial charge is 0.361 e. The first-order chi connectivity index (χ1) is 9.83. The summed E-state index contributed by atoms with van der Waals surface area (Å²) >= 11 is 0. The highest BCUT2D eigenvalue weighted by atomic mass is 16.5. The minimum atomic E-state index is 0.376. The molecule has 0 bridgehead atoms. The van der Waals surface area contributed by atoms with Crippen LogP contribution in [0.4, 0.5) is 0 Å². The summed E-state index contributed by atoms with van der Waals surface area (Å²) < 4.78 is 7.25. The van der Waals surface area contributed by atoms with E-state index in [0.29, 0.717) is 17.5 Å². The molecule has 2 aliphatic rings. The third-order valence-electron chi connectivity index (χ3n) is 4.06. The lowest BCUT2D eigenvalue weighted by Crippen LogP contribution is -2.47. The Hall–Kier alpha value is -2.13. The van der Waals surface area contributed by atoms with Crippen LogP contribution in [-0.4, -0.2) is 32.9 Å². The average molecular weight is 269 g/mol. The van der Waals surface area contributed by atoms with E-state index >= 15 is 0 Å². The van der Waals surface area contributed by atoms with Crippen molar-refractivity contribution in [3.8, 4) is 6.07 Å². The van der Waals surface area contributed by atoms with Crippen molar-refractivity contribution in [1.29, 1.82) is 5.26 Å². The molecule has 4 rings (SSSR count). The molecule has 1 saturated heterocycles. The molecule has 6 heteroatoms. The highest BCUT2D eigenvalue weighted by molar-refractivity contribution is 5.23. The van der Waals surface area contributed by atoms with E-state index in [2.05, 4.69) is 21.2 Å². The topological polar surface area (TPSA) is 70.9 Å². The summed E-state index contributed by atoms with van der Waals surface area (Å²) in [5.74, 6) is 1.69. The third kappa shape index (κ3) is 2.00. The Bertz CT molecular complexity index is 657. The quantitative estimate of drug-likeness (QED) is 0.844. The van der Waals surface area contributed by atoms with E-state index in [-0.39, 0.29) is 0 Å². The average Bonchev–Trinajstić information content (AvgIpc) is 2.98. The van der Waals surface area contributed by atoms with E-state index in [4.69, 9.17) is 9.78 Å². The molecule has 1 aliphatic carbocycles. The van der Waals surface area contributed by atoms with Crippen molar-refractivity contribution in [3.05, 3.63) is 35.5 Å². The maximum atomic E-state index is 8.80. The van der Waals surface area contributed by atoms with Gasteiger partial charge in [-0.1, -0.05) is 5.16 Å². The van der Waals surface area contributed by atoms with Crippen LogP contribution in [0.1, 0.15) is 41.7 Å². The number of hydrogen-bond donors (Lipinski definition) is 0. The Kier molecular flexibility index (Phi) is 2.60. The van der Waals surface area contributed by atoms with Crippen LogP contribution >= 0.6 is 0 Å². The fourth-order valence-corrected chi connectivity index (χ4v) is 2.75. The Morgan fingerprint density at radius 3 is 2.90 bits per heavy atom. The number of nitriles is 1. The van der Waals surface area contributed by atoms with E-state index in [0.717, 1.165) is 25.4 Å². The van der Waals surface area contributed by atoms with E-state index in [1.165, 1.54) is 18.4 Å². The standard InChI is InChI=1S/C14H15N5O/c15-3-10-4-16-19(6-10)13-8-18(9-13)7-12-5-17-20-14(12)11-1-2-11/h4-6,11,13H,1-2,7-9H2. The molecule has 3 heterocycles. The number of rotatable bonds is 4. The molecule has 2 aromatic rings. The molecule has 0 atom stereocenters. The molecule has 0 N–H and O–H groups in total. The van der Waals surface area contributed by atoms with Crippen LogP contribution < -0.4 is 0 Å². The van der Waals surface area contributed by atoms with Crippen molar-refractivity contribution < 1.29 is 4.52 Å². The SMILES string of the molecule is N#Cc1cnn(C2CN(Cc3cnoc3C3CC3)C2)c1. The van der Waals surface area contributed by atoms with Gasteiger partial charge in [-0.25, -0.2) is 0 Å². The summed E-state index contributed by atoms with van der Waals surface area (Å²) in [4.78, 5) is 2.36. The molecule has 2 fully saturated rings. The molecule has 0 aromatic carbocycles. The van der Waals surface area contributed by atoms with Crippen molar-refractivity contribution >= 4 is 0 Å². The fraction of sp³-hybridized carbons (Fsp3) is 0.500. The van der Waals surface area contributed by atoms with Gasteiger partial charge in [0.25, 0.3) is 0 Å². The van der Waals surface area contributed by atoms with Crippen molar-refractivity contribution in [3.63, 3.8) is 0 Å². The molecular weight excluding hydrogens is 254 g/mol. The molecule has 1 aliphatic heterocycles. The first-order valence-electron chi connectivity index (χ1n) is 6.93. The van der Waals surface area contributed by atoms with Crippen molar-refractivity contribution in [1.82, 2.24) is 19.8 Å². The zero-order valence-electron chi connectivity index (χ0n) is 11.1. The van der Waals surface area contributed by atoms with Crippen LogP contribution in [0.15, 0.2) is 23.1 Å². The second kappa shape index (κ2) is 4.46. The smallest absolute Gasteiger partial charge is 0.144 e. The van der Waals surface area contributed by atoms with Gasteiger partial charge >= 0.3 is 0 Å². The summed E-state index contributed by atoms with van der Waals surface area (Å²) in [6.07, 6.45) is 7.75. The van der Waals surface area contributed by atoms with Crippen LogP contribution in [-0.2, 0) is 6.54 Å². The van der Waals surface area contributed by atoms with Crippen LogP contribution in [0.2, 0.25) is 0 Å². The summed E-state index contributed by atoms with van der Waals surface area (Å²) in [7, 11) is 0. The molecule has 0 spiro atoms. The van der Waals surface area contributed by atoms with Crippen molar-refractivity contribution in [2.45, 2.75) is 31.3 Å². The summed E-state index contributed by atoms with van der Waals surface area (Å²) in [5, 5.41) is 17.0. The van der Waals surface area contributed by atoms with E-state index < -0.39 is 0 Å². The van der Waals surface area contributed by atoms with Gasteiger partial charge < -0.3 is 4.52 Å². The predicted molar refractivity (Wildman–Crippen MR) is 69.7 cm³/mol. The number of likely N-dealkylation sites (tertiary alicyclic amines) is 1. The minimum Gasteiger partial charge on any atom is -0.361 e. The van der Waals surface area contributed by atoms with Crippen LogP contribution in [0, 0.1) is 11.3 Å². The molecule has 0 radical (unpaired) electrons. The van der Waals surface area contributed by atoms with Gasteiger partial charge in [0, 0.05) is 37.3 Å². The van der Waals surface area contributed by atoms with Gasteiger partial charge in [0.15, 0.2) is 0 Å². The van der Waals surface area contributed by atoms with Gasteiger partial charge in [0.05, 0.1) is 24.0 Å². The number of hydrogen-bond acceptors (Lipinski definition) is 5. The van der Waals surface area contributed by atoms with Crippen LogP contribution in [0.5, 0.6) is 0 Å². The lowest BCUT2D eigenvalue weighted by atomic mass is 10.1. The maximum absolute atomic E-state index is 8.80. The second-order valence-corrected chi connectivity index (χ2v) is 5.66. The van der Waals surface area contributed by atoms with E-state index in [1.54, 1.807) is 6.20 Å². The Morgan fingerprint density at radius 1 is 1.35 bits per heavy atom. The summed E-state index contributed by atoms with van der Waals surface area (Å²) in [5.41, 5.74) is 1.85. The second-order valence-electron chi connectivity index (χ2n) is 5.66. The number of nitrogens with zero attached hydrogens (tertiary/aromatic N) is 5. The summed E-state index contributed by atoms with van der Waals surface area (Å²) in [6, 6.07) is 2.48. The molecule has 2 aromatic heterocycles. The van der Waals surface area contributed by atoms with Gasteiger partial charge in [-0.15, -0.1) is 0 Å². The molecule has 0 unspecified atom stereocenters. The van der Waals surface area contributed by atoms with E-state index in [9.17, 15) is 0 Å². The monoisotopic (exact) mass is 269 g/mol. The predicted octanol–water partition coefficient (Wildman–Crippen LogP) is 1.68. The van der Waals surface area contributed by atoms with Crippen molar-refractivity contribution in [2.75, 3.05) is 13.1 Å². The van der Waals surface area contributed by atoms with Crippen LogP contribution in [0.3, 0.4) is 0 Å². The van der Waals surface area contributed by atoms with Gasteiger partial charge in [-0.2, -0.15) is 10.4 Å². The Labute approximate surface area is 116 Å². The molecule has 0 amide bonds. The maximum Gasteiger partial charge on any atom is 0.144 e. The molecule has 1 saturated carbocycles. The Balaban J connectivity index is 1.37. The fourth-order valence-electron chi connectivity index (χ4n) is 2.75. The first-order valence-corrected chi connectivity index (χ1v) is 6.93. The lowest BCUT2D eigenvalue weighted by Gasteiger charge is -2.39. The molecule has 6 nitrogen and oxygen atoms in total. The zero-order chi connectivity index (χ0) is 13.5. The first kappa shape index (κ1) is 11.7. The van der Waals surface area contributed by atoms with Crippen LogP contribution in [0.25, 0.3) is 0 Å². The number of aromatic nitrogens is 3. The third-order valence-corrected chi connectivity index (χ3v) is 4.06. The molecule has 102 valence electrons. The molecular formula is C14H15N5O.